The van der Waals surface area contributed by atoms with E-state index in [1.807, 2.05) is 0 Å². The molecule has 1 aliphatic rings. The van der Waals surface area contributed by atoms with Crippen molar-refractivity contribution in [2.75, 3.05) is 5.73 Å². The van der Waals surface area contributed by atoms with Crippen LogP contribution < -0.4 is 5.73 Å². The fraction of sp³-hybridized carbons (Fsp3) is 0.727. The van der Waals surface area contributed by atoms with E-state index < -0.39 is 0 Å². The molecule has 1 heterocycles. The van der Waals surface area contributed by atoms with Gasteiger partial charge in [0.05, 0.1) is 0 Å². The van der Waals surface area contributed by atoms with E-state index in [-0.39, 0.29) is 0 Å². The summed E-state index contributed by atoms with van der Waals surface area (Å²) in [7, 11) is 0. The summed E-state index contributed by atoms with van der Waals surface area (Å²) in [6.07, 6.45) is 4.96. The van der Waals surface area contributed by atoms with E-state index in [4.69, 9.17) is 5.73 Å². The van der Waals surface area contributed by atoms with E-state index in [1.54, 1.807) is 0 Å². The smallest absolute Gasteiger partial charge is 0.223 e. The van der Waals surface area contributed by atoms with Gasteiger partial charge < -0.3 is 5.73 Å². The predicted molar refractivity (Wildman–Crippen MR) is 59.5 cm³/mol. The molecule has 0 aromatic carbocycles. The molecule has 1 saturated carbocycles. The molecule has 2 rings (SSSR count). The van der Waals surface area contributed by atoms with Gasteiger partial charge in [-0.3, -0.25) is 0 Å². The van der Waals surface area contributed by atoms with Crippen molar-refractivity contribution in [3.63, 3.8) is 0 Å². The summed E-state index contributed by atoms with van der Waals surface area (Å²) in [5.41, 5.74) is 5.70. The number of nitrogens with two attached hydrogens (primary N) is 1. The zero-order valence-electron chi connectivity index (χ0n) is 9.40. The highest BCUT2D eigenvalue weighted by Gasteiger charge is 2.21. The molecule has 0 spiro atoms. The average Bonchev–Trinajstić information content (AvgIpc) is 2.69. The molecule has 0 aliphatic heterocycles. The third-order valence-electron chi connectivity index (χ3n) is 2.92. The summed E-state index contributed by atoms with van der Waals surface area (Å²) < 4.78 is 0. The molecule has 1 aliphatic carbocycles. The Morgan fingerprint density at radius 3 is 2.40 bits per heavy atom. The number of hydrogen-bond donors (Lipinski definition) is 1. The van der Waals surface area contributed by atoms with Crippen LogP contribution in [0.25, 0.3) is 0 Å². The molecule has 82 valence electrons. The Balaban J connectivity index is 2.30. The minimum Gasteiger partial charge on any atom is -0.368 e. The molecule has 1 aromatic rings. The van der Waals surface area contributed by atoms with E-state index >= 15 is 0 Å². The molecule has 0 saturated heterocycles. The second-order valence-corrected chi connectivity index (χ2v) is 4.55. The van der Waals surface area contributed by atoms with Crippen molar-refractivity contribution in [3.8, 4) is 0 Å². The van der Waals surface area contributed by atoms with Gasteiger partial charge in [0.25, 0.3) is 0 Å². The zero-order valence-corrected chi connectivity index (χ0v) is 9.40. The van der Waals surface area contributed by atoms with Crippen molar-refractivity contribution in [2.24, 2.45) is 0 Å². The molecule has 0 atom stereocenters. The number of nitrogen functional groups attached to an aromatic ring is 1. The predicted octanol–water partition coefficient (Wildman–Crippen LogP) is 2.23. The first-order chi connectivity index (χ1) is 7.16. The first kappa shape index (κ1) is 10.3. The van der Waals surface area contributed by atoms with Crippen LogP contribution in [0.1, 0.15) is 63.0 Å². The van der Waals surface area contributed by atoms with Crippen molar-refractivity contribution in [2.45, 2.75) is 51.4 Å². The molecule has 4 heteroatoms. The maximum absolute atomic E-state index is 5.70. The molecule has 2 N–H and O–H groups in total. The van der Waals surface area contributed by atoms with E-state index in [0.717, 1.165) is 11.6 Å². The summed E-state index contributed by atoms with van der Waals surface area (Å²) >= 11 is 0. The lowest BCUT2D eigenvalue weighted by Gasteiger charge is -2.11. The van der Waals surface area contributed by atoms with Gasteiger partial charge in [-0.15, -0.1) is 0 Å². The lowest BCUT2D eigenvalue weighted by atomic mass is 10.1. The van der Waals surface area contributed by atoms with Crippen LogP contribution >= 0.6 is 0 Å². The molecule has 0 amide bonds. The standard InChI is InChI=1S/C11H18N4/c1-7(2)9-13-10(15-11(12)14-9)8-5-3-4-6-8/h7-8H,3-6H2,1-2H3,(H2,12,13,14,15). The maximum atomic E-state index is 5.70. The number of nitrogens with zero attached hydrogens (tertiary/aromatic N) is 3. The third kappa shape index (κ3) is 2.25. The summed E-state index contributed by atoms with van der Waals surface area (Å²) in [5.74, 6) is 2.92. The summed E-state index contributed by atoms with van der Waals surface area (Å²) in [4.78, 5) is 12.9. The SMILES string of the molecule is CC(C)c1nc(N)nc(C2CCCC2)n1. The molecule has 0 bridgehead atoms. The Labute approximate surface area is 90.3 Å². The van der Waals surface area contributed by atoms with Gasteiger partial charge in [0.2, 0.25) is 5.95 Å². The average molecular weight is 206 g/mol. The summed E-state index contributed by atoms with van der Waals surface area (Å²) in [5, 5.41) is 0. The lowest BCUT2D eigenvalue weighted by molar-refractivity contribution is 0.639. The second kappa shape index (κ2) is 4.13. The minimum absolute atomic E-state index is 0.315. The van der Waals surface area contributed by atoms with Crippen LogP contribution in [-0.4, -0.2) is 15.0 Å². The van der Waals surface area contributed by atoms with Crippen molar-refractivity contribution >= 4 is 5.95 Å². The highest BCUT2D eigenvalue weighted by atomic mass is 15.1. The van der Waals surface area contributed by atoms with Gasteiger partial charge in [-0.05, 0) is 12.8 Å². The van der Waals surface area contributed by atoms with Gasteiger partial charge in [-0.1, -0.05) is 26.7 Å². The number of hydrogen-bond acceptors (Lipinski definition) is 4. The first-order valence-corrected chi connectivity index (χ1v) is 5.68. The van der Waals surface area contributed by atoms with E-state index in [0.29, 0.717) is 17.8 Å². The molecular formula is C11H18N4. The monoisotopic (exact) mass is 206 g/mol. The molecular weight excluding hydrogens is 188 g/mol. The van der Waals surface area contributed by atoms with Crippen LogP contribution in [-0.2, 0) is 0 Å². The quantitative estimate of drug-likeness (QED) is 0.806. The highest BCUT2D eigenvalue weighted by Crippen LogP contribution is 2.32. The topological polar surface area (TPSA) is 64.7 Å². The van der Waals surface area contributed by atoms with Crippen molar-refractivity contribution < 1.29 is 0 Å². The van der Waals surface area contributed by atoms with E-state index in [9.17, 15) is 0 Å². The summed E-state index contributed by atoms with van der Waals surface area (Å²) in [6, 6.07) is 0. The fourth-order valence-electron chi connectivity index (χ4n) is 2.05. The highest BCUT2D eigenvalue weighted by molar-refractivity contribution is 5.19. The normalized spacial score (nSPS) is 17.5. The Bertz CT molecular complexity index is 342. The van der Waals surface area contributed by atoms with Crippen LogP contribution in [0.3, 0.4) is 0 Å². The van der Waals surface area contributed by atoms with Gasteiger partial charge in [0.15, 0.2) is 0 Å². The Kier molecular flexibility index (Phi) is 2.84. The van der Waals surface area contributed by atoms with Gasteiger partial charge in [-0.25, -0.2) is 4.98 Å². The van der Waals surface area contributed by atoms with Gasteiger partial charge in [0, 0.05) is 11.8 Å². The minimum atomic E-state index is 0.315. The first-order valence-electron chi connectivity index (χ1n) is 5.68. The van der Waals surface area contributed by atoms with Crippen molar-refractivity contribution in [1.82, 2.24) is 15.0 Å². The van der Waals surface area contributed by atoms with Gasteiger partial charge in [0.1, 0.15) is 11.6 Å². The number of rotatable bonds is 2. The Morgan fingerprint density at radius 2 is 1.80 bits per heavy atom. The second-order valence-electron chi connectivity index (χ2n) is 4.55. The molecule has 0 radical (unpaired) electrons. The van der Waals surface area contributed by atoms with Crippen LogP contribution in [0.15, 0.2) is 0 Å². The van der Waals surface area contributed by atoms with Gasteiger partial charge >= 0.3 is 0 Å². The largest absolute Gasteiger partial charge is 0.368 e. The van der Waals surface area contributed by atoms with Crippen LogP contribution in [0.2, 0.25) is 0 Å². The summed E-state index contributed by atoms with van der Waals surface area (Å²) in [6.45, 7) is 4.15. The number of anilines is 1. The molecule has 1 aromatic heterocycles. The van der Waals surface area contributed by atoms with Gasteiger partial charge in [-0.2, -0.15) is 9.97 Å². The van der Waals surface area contributed by atoms with Crippen LogP contribution in [0, 0.1) is 0 Å². The van der Waals surface area contributed by atoms with Crippen molar-refractivity contribution in [3.05, 3.63) is 11.6 Å². The van der Waals surface area contributed by atoms with E-state index in [2.05, 4.69) is 28.8 Å². The molecule has 1 fully saturated rings. The Morgan fingerprint density at radius 1 is 1.13 bits per heavy atom. The van der Waals surface area contributed by atoms with E-state index in [1.165, 1.54) is 25.7 Å². The van der Waals surface area contributed by atoms with Crippen LogP contribution in [0.5, 0.6) is 0 Å². The Hall–Kier alpha value is -1.19. The molecule has 15 heavy (non-hydrogen) atoms. The third-order valence-corrected chi connectivity index (χ3v) is 2.92. The number of aromatic nitrogens is 3. The molecule has 0 unspecified atom stereocenters. The van der Waals surface area contributed by atoms with Crippen molar-refractivity contribution in [1.29, 1.82) is 0 Å². The molecule has 4 nitrogen and oxygen atoms in total. The maximum Gasteiger partial charge on any atom is 0.223 e. The fourth-order valence-corrected chi connectivity index (χ4v) is 2.05. The van der Waals surface area contributed by atoms with Crippen LogP contribution in [0.4, 0.5) is 5.95 Å². The zero-order chi connectivity index (χ0) is 10.8. The lowest BCUT2D eigenvalue weighted by Crippen LogP contribution is -2.10.